The average Bonchev–Trinajstić information content (AvgIpc) is 2.13. The zero-order chi connectivity index (χ0) is 10.1. The molecule has 1 aliphatic heterocycles. The van der Waals surface area contributed by atoms with Crippen LogP contribution in [0.5, 0.6) is 0 Å². The summed E-state index contributed by atoms with van der Waals surface area (Å²) in [5, 5.41) is 0. The zero-order valence-electron chi connectivity index (χ0n) is 8.90. The Labute approximate surface area is 85.7 Å². The molecule has 0 atom stereocenters. The van der Waals surface area contributed by atoms with E-state index in [9.17, 15) is 0 Å². The quantitative estimate of drug-likeness (QED) is 0.772. The summed E-state index contributed by atoms with van der Waals surface area (Å²) in [6.45, 7) is 6.48. The molecule has 2 rings (SSSR count). The summed E-state index contributed by atoms with van der Waals surface area (Å²) in [6, 6.07) is 8.99. The fourth-order valence-electron chi connectivity index (χ4n) is 1.97. The van der Waals surface area contributed by atoms with Crippen molar-refractivity contribution in [1.29, 1.82) is 0 Å². The second-order valence-electron chi connectivity index (χ2n) is 4.38. The van der Waals surface area contributed by atoms with E-state index in [0.717, 1.165) is 13.1 Å². The third-order valence-electron chi connectivity index (χ3n) is 2.81. The Morgan fingerprint density at radius 3 is 2.50 bits per heavy atom. The summed E-state index contributed by atoms with van der Waals surface area (Å²) in [6.07, 6.45) is 0. The topological polar surface area (TPSA) is 29.3 Å². The van der Waals surface area contributed by atoms with Crippen molar-refractivity contribution < 1.29 is 0 Å². The summed E-state index contributed by atoms with van der Waals surface area (Å²) < 4.78 is 0. The first-order valence-electron chi connectivity index (χ1n) is 5.28. The molecule has 0 spiro atoms. The van der Waals surface area contributed by atoms with Crippen molar-refractivity contribution in [1.82, 2.24) is 0 Å². The standard InChI is InChI=1S/C12H18N2/c1-9(2)11-5-3-4-6-12(11)14-7-10(13)8-14/h3-6,9-10H,7-8,13H2,1-2H3. The number of benzene rings is 1. The molecule has 76 valence electrons. The van der Waals surface area contributed by atoms with Crippen molar-refractivity contribution >= 4 is 5.69 Å². The monoisotopic (exact) mass is 190 g/mol. The molecule has 1 aromatic carbocycles. The molecule has 0 radical (unpaired) electrons. The van der Waals surface area contributed by atoms with Gasteiger partial charge in [-0.1, -0.05) is 32.0 Å². The molecule has 0 unspecified atom stereocenters. The van der Waals surface area contributed by atoms with Gasteiger partial charge in [-0.05, 0) is 17.5 Å². The zero-order valence-corrected chi connectivity index (χ0v) is 8.90. The number of anilines is 1. The van der Waals surface area contributed by atoms with Crippen LogP contribution in [0.15, 0.2) is 24.3 Å². The maximum atomic E-state index is 5.79. The third kappa shape index (κ3) is 1.62. The second-order valence-corrected chi connectivity index (χ2v) is 4.38. The van der Waals surface area contributed by atoms with Gasteiger partial charge in [0.2, 0.25) is 0 Å². The molecule has 2 N–H and O–H groups in total. The molecule has 0 saturated carbocycles. The van der Waals surface area contributed by atoms with E-state index in [1.165, 1.54) is 11.3 Å². The molecule has 0 amide bonds. The van der Waals surface area contributed by atoms with E-state index < -0.39 is 0 Å². The Kier molecular flexibility index (Phi) is 2.46. The van der Waals surface area contributed by atoms with Crippen molar-refractivity contribution in [2.75, 3.05) is 18.0 Å². The number of rotatable bonds is 2. The number of hydrogen-bond acceptors (Lipinski definition) is 2. The summed E-state index contributed by atoms with van der Waals surface area (Å²) in [5.41, 5.74) is 8.59. The summed E-state index contributed by atoms with van der Waals surface area (Å²) in [5.74, 6) is 0.586. The SMILES string of the molecule is CC(C)c1ccccc1N1CC(N)C1. The van der Waals surface area contributed by atoms with E-state index in [1.807, 2.05) is 0 Å². The van der Waals surface area contributed by atoms with Gasteiger partial charge in [-0.3, -0.25) is 0 Å². The highest BCUT2D eigenvalue weighted by molar-refractivity contribution is 5.57. The lowest BCUT2D eigenvalue weighted by Crippen LogP contribution is -2.56. The molecule has 2 nitrogen and oxygen atoms in total. The van der Waals surface area contributed by atoms with Gasteiger partial charge in [0.1, 0.15) is 0 Å². The Balaban J connectivity index is 2.24. The molecule has 1 heterocycles. The number of para-hydroxylation sites is 1. The van der Waals surface area contributed by atoms with E-state index in [0.29, 0.717) is 12.0 Å². The fraction of sp³-hybridized carbons (Fsp3) is 0.500. The Bertz CT molecular complexity index is 314. The van der Waals surface area contributed by atoms with E-state index in [4.69, 9.17) is 5.73 Å². The minimum Gasteiger partial charge on any atom is -0.368 e. The molecule has 1 aromatic rings. The fourth-order valence-corrected chi connectivity index (χ4v) is 1.97. The molecule has 1 fully saturated rings. The van der Waals surface area contributed by atoms with Gasteiger partial charge in [0.15, 0.2) is 0 Å². The van der Waals surface area contributed by atoms with E-state index in [-0.39, 0.29) is 0 Å². The van der Waals surface area contributed by atoms with Crippen LogP contribution in [0.25, 0.3) is 0 Å². The Morgan fingerprint density at radius 2 is 1.93 bits per heavy atom. The van der Waals surface area contributed by atoms with Crippen LogP contribution in [0.4, 0.5) is 5.69 Å². The first-order chi connectivity index (χ1) is 6.68. The van der Waals surface area contributed by atoms with Crippen LogP contribution in [-0.2, 0) is 0 Å². The molecule has 2 heteroatoms. The van der Waals surface area contributed by atoms with Crippen molar-refractivity contribution in [2.24, 2.45) is 5.73 Å². The lowest BCUT2D eigenvalue weighted by molar-refractivity contribution is 0.517. The molecular formula is C12H18N2. The van der Waals surface area contributed by atoms with Gasteiger partial charge >= 0.3 is 0 Å². The van der Waals surface area contributed by atoms with Crippen molar-refractivity contribution in [3.05, 3.63) is 29.8 Å². The highest BCUT2D eigenvalue weighted by atomic mass is 15.2. The minimum atomic E-state index is 0.371. The number of nitrogens with zero attached hydrogens (tertiary/aromatic N) is 1. The predicted molar refractivity (Wildman–Crippen MR) is 60.7 cm³/mol. The maximum absolute atomic E-state index is 5.79. The highest BCUT2D eigenvalue weighted by Crippen LogP contribution is 2.29. The van der Waals surface area contributed by atoms with Crippen LogP contribution in [-0.4, -0.2) is 19.1 Å². The molecule has 0 aliphatic carbocycles. The lowest BCUT2D eigenvalue weighted by Gasteiger charge is -2.40. The van der Waals surface area contributed by atoms with Gasteiger partial charge in [0.25, 0.3) is 0 Å². The largest absolute Gasteiger partial charge is 0.368 e. The number of hydrogen-bond donors (Lipinski definition) is 1. The molecule has 14 heavy (non-hydrogen) atoms. The van der Waals surface area contributed by atoms with Crippen LogP contribution < -0.4 is 10.6 Å². The van der Waals surface area contributed by atoms with Crippen molar-refractivity contribution in [3.8, 4) is 0 Å². The van der Waals surface area contributed by atoms with Gasteiger partial charge in [0.05, 0.1) is 0 Å². The van der Waals surface area contributed by atoms with Crippen LogP contribution in [0.3, 0.4) is 0 Å². The second kappa shape index (κ2) is 3.62. The van der Waals surface area contributed by atoms with E-state index in [2.05, 4.69) is 43.0 Å². The molecule has 1 saturated heterocycles. The third-order valence-corrected chi connectivity index (χ3v) is 2.81. The summed E-state index contributed by atoms with van der Waals surface area (Å²) in [4.78, 5) is 2.36. The average molecular weight is 190 g/mol. The van der Waals surface area contributed by atoms with Gasteiger partial charge < -0.3 is 10.6 Å². The van der Waals surface area contributed by atoms with Gasteiger partial charge in [0, 0.05) is 24.8 Å². The Hall–Kier alpha value is -1.02. The summed E-state index contributed by atoms with van der Waals surface area (Å²) >= 11 is 0. The van der Waals surface area contributed by atoms with Gasteiger partial charge in [-0.15, -0.1) is 0 Å². The van der Waals surface area contributed by atoms with Crippen molar-refractivity contribution in [3.63, 3.8) is 0 Å². The predicted octanol–water partition coefficient (Wildman–Crippen LogP) is 1.96. The molecular weight excluding hydrogens is 172 g/mol. The number of nitrogens with two attached hydrogens (primary N) is 1. The smallest absolute Gasteiger partial charge is 0.0402 e. The first kappa shape index (κ1) is 9.53. The van der Waals surface area contributed by atoms with Crippen LogP contribution in [0, 0.1) is 0 Å². The van der Waals surface area contributed by atoms with E-state index in [1.54, 1.807) is 0 Å². The minimum absolute atomic E-state index is 0.371. The summed E-state index contributed by atoms with van der Waals surface area (Å²) in [7, 11) is 0. The highest BCUT2D eigenvalue weighted by Gasteiger charge is 2.25. The van der Waals surface area contributed by atoms with Gasteiger partial charge in [-0.25, -0.2) is 0 Å². The van der Waals surface area contributed by atoms with Gasteiger partial charge in [-0.2, -0.15) is 0 Å². The van der Waals surface area contributed by atoms with Crippen molar-refractivity contribution in [2.45, 2.75) is 25.8 Å². The molecule has 1 aliphatic rings. The maximum Gasteiger partial charge on any atom is 0.0402 e. The molecule has 0 bridgehead atoms. The Morgan fingerprint density at radius 1 is 1.29 bits per heavy atom. The normalized spacial score (nSPS) is 17.3. The van der Waals surface area contributed by atoms with Crippen LogP contribution in [0.1, 0.15) is 25.3 Å². The van der Waals surface area contributed by atoms with E-state index >= 15 is 0 Å². The van der Waals surface area contributed by atoms with Crippen LogP contribution >= 0.6 is 0 Å². The lowest BCUT2D eigenvalue weighted by atomic mass is 9.98. The first-order valence-corrected chi connectivity index (χ1v) is 5.28. The molecule has 0 aromatic heterocycles. The van der Waals surface area contributed by atoms with Crippen LogP contribution in [0.2, 0.25) is 0 Å².